The third kappa shape index (κ3) is 5.45. The smallest absolute Gasteiger partial charge is 0.209 e. The second-order valence-electron chi connectivity index (χ2n) is 2.94. The van der Waals surface area contributed by atoms with Crippen LogP contribution in [0.15, 0.2) is 4.34 Å². The molecule has 0 spiro atoms. The fourth-order valence-electron chi connectivity index (χ4n) is 0.867. The number of nitrogens with zero attached hydrogens (tertiary/aromatic N) is 2. The van der Waals surface area contributed by atoms with Gasteiger partial charge >= 0.3 is 0 Å². The van der Waals surface area contributed by atoms with E-state index in [1.54, 1.807) is 0 Å². The quantitative estimate of drug-likeness (QED) is 0.773. The predicted molar refractivity (Wildman–Crippen MR) is 62.6 cm³/mol. The molecule has 0 amide bonds. The molecule has 0 aromatic carbocycles. The maximum absolute atomic E-state index is 10.7. The Hall–Kier alpha value is -0.180. The van der Waals surface area contributed by atoms with E-state index in [1.807, 2.05) is 0 Å². The highest BCUT2D eigenvalue weighted by Crippen LogP contribution is 2.20. The first-order chi connectivity index (χ1) is 7.01. The Bertz CT molecular complexity index is 401. The molecule has 5 nitrogen and oxygen atoms in total. The molecule has 0 aliphatic heterocycles. The third-order valence-electron chi connectivity index (χ3n) is 1.52. The Kier molecular flexibility index (Phi) is 4.97. The van der Waals surface area contributed by atoms with Crippen molar-refractivity contribution in [3.8, 4) is 0 Å². The van der Waals surface area contributed by atoms with Crippen LogP contribution in [0.5, 0.6) is 0 Å². The number of sulfonamides is 1. The van der Waals surface area contributed by atoms with Crippen LogP contribution in [-0.4, -0.2) is 29.3 Å². The second-order valence-corrected chi connectivity index (χ2v) is 6.77. The van der Waals surface area contributed by atoms with E-state index in [-0.39, 0.29) is 5.75 Å². The molecule has 2 N–H and O–H groups in total. The number of rotatable bonds is 6. The van der Waals surface area contributed by atoms with E-state index in [4.69, 9.17) is 5.14 Å². The molecule has 15 heavy (non-hydrogen) atoms. The van der Waals surface area contributed by atoms with E-state index in [0.717, 1.165) is 23.0 Å². The summed E-state index contributed by atoms with van der Waals surface area (Å²) < 4.78 is 26.3. The molecule has 0 saturated heterocycles. The van der Waals surface area contributed by atoms with Crippen LogP contribution < -0.4 is 5.14 Å². The molecule has 0 aliphatic rings. The molecule has 8 heteroatoms. The Morgan fingerprint density at radius 3 is 2.87 bits per heavy atom. The van der Waals surface area contributed by atoms with Crippen LogP contribution in [0.2, 0.25) is 0 Å². The van der Waals surface area contributed by atoms with Crippen molar-refractivity contribution in [1.82, 2.24) is 9.36 Å². The molecule has 1 aromatic heterocycles. The van der Waals surface area contributed by atoms with Crippen LogP contribution in [0.3, 0.4) is 0 Å². The van der Waals surface area contributed by atoms with Crippen molar-refractivity contribution in [3.63, 3.8) is 0 Å². The predicted octanol–water partition coefficient (Wildman–Crippen LogP) is 0.871. The molecule has 86 valence electrons. The van der Waals surface area contributed by atoms with Crippen molar-refractivity contribution >= 4 is 33.3 Å². The molecule has 0 atom stereocenters. The van der Waals surface area contributed by atoms with Gasteiger partial charge in [0.25, 0.3) is 0 Å². The summed E-state index contributed by atoms with van der Waals surface area (Å²) in [5.41, 5.74) is 0. The van der Waals surface area contributed by atoms with E-state index in [2.05, 4.69) is 16.3 Å². The number of aryl methyl sites for hydroxylation is 1. The van der Waals surface area contributed by atoms with Gasteiger partial charge in [-0.15, -0.1) is 0 Å². The standard InChI is InChI=1S/C7H13N3O2S3/c1-2-3-6-9-7(14-10-6)13-4-5-15(8,11)12/h2-5H2,1H3,(H2,8,11,12). The van der Waals surface area contributed by atoms with Gasteiger partial charge in [-0.2, -0.15) is 4.37 Å². The van der Waals surface area contributed by atoms with Gasteiger partial charge < -0.3 is 0 Å². The summed E-state index contributed by atoms with van der Waals surface area (Å²) in [7, 11) is -3.36. The molecule has 1 aromatic rings. The average Bonchev–Trinajstić information content (AvgIpc) is 2.51. The van der Waals surface area contributed by atoms with E-state index in [9.17, 15) is 8.42 Å². The Morgan fingerprint density at radius 1 is 1.53 bits per heavy atom. The van der Waals surface area contributed by atoms with Gasteiger partial charge in [-0.05, 0) is 18.0 Å². The minimum atomic E-state index is -3.36. The third-order valence-corrected chi connectivity index (χ3v) is 4.42. The number of hydrogen-bond acceptors (Lipinski definition) is 6. The molecule has 0 fully saturated rings. The largest absolute Gasteiger partial charge is 0.229 e. The number of thioether (sulfide) groups is 1. The summed E-state index contributed by atoms with van der Waals surface area (Å²) in [4.78, 5) is 4.25. The van der Waals surface area contributed by atoms with Crippen LogP contribution in [0, 0.1) is 0 Å². The Labute approximate surface area is 97.7 Å². The number of primary sulfonamides is 1. The first kappa shape index (κ1) is 12.9. The fourth-order valence-corrected chi connectivity index (χ4v) is 3.51. The first-order valence-electron chi connectivity index (χ1n) is 4.47. The lowest BCUT2D eigenvalue weighted by Gasteiger charge is -1.94. The van der Waals surface area contributed by atoms with Gasteiger partial charge in [-0.1, -0.05) is 18.7 Å². The monoisotopic (exact) mass is 267 g/mol. The summed E-state index contributed by atoms with van der Waals surface area (Å²) in [6.45, 7) is 2.06. The van der Waals surface area contributed by atoms with Crippen molar-refractivity contribution in [1.29, 1.82) is 0 Å². The SMILES string of the molecule is CCCc1nsc(SCCS(N)(=O)=O)n1. The minimum Gasteiger partial charge on any atom is -0.229 e. The van der Waals surface area contributed by atoms with E-state index < -0.39 is 10.0 Å². The fraction of sp³-hybridized carbons (Fsp3) is 0.714. The number of nitrogens with two attached hydrogens (primary N) is 1. The maximum Gasteiger partial charge on any atom is 0.209 e. The van der Waals surface area contributed by atoms with Crippen LogP contribution in [0.1, 0.15) is 19.2 Å². The van der Waals surface area contributed by atoms with E-state index in [0.29, 0.717) is 5.75 Å². The zero-order valence-corrected chi connectivity index (χ0v) is 10.8. The van der Waals surface area contributed by atoms with Gasteiger partial charge in [0.05, 0.1) is 5.75 Å². The molecule has 1 heterocycles. The normalized spacial score (nSPS) is 11.9. The van der Waals surface area contributed by atoms with Gasteiger partial charge in [0.2, 0.25) is 10.0 Å². The van der Waals surface area contributed by atoms with Crippen LogP contribution in [0.25, 0.3) is 0 Å². The highest BCUT2D eigenvalue weighted by molar-refractivity contribution is 8.01. The van der Waals surface area contributed by atoms with Crippen molar-refractivity contribution in [2.24, 2.45) is 5.14 Å². The summed E-state index contributed by atoms with van der Waals surface area (Å²) in [5.74, 6) is 1.24. The van der Waals surface area contributed by atoms with Gasteiger partial charge in [0, 0.05) is 12.2 Å². The van der Waals surface area contributed by atoms with Crippen molar-refractivity contribution in [2.75, 3.05) is 11.5 Å². The Morgan fingerprint density at radius 2 is 2.27 bits per heavy atom. The molecule has 0 aliphatic carbocycles. The van der Waals surface area contributed by atoms with Crippen LogP contribution in [0.4, 0.5) is 0 Å². The lowest BCUT2D eigenvalue weighted by molar-refractivity contribution is 0.599. The first-order valence-corrected chi connectivity index (χ1v) is 7.94. The lowest BCUT2D eigenvalue weighted by Crippen LogP contribution is -2.17. The highest BCUT2D eigenvalue weighted by atomic mass is 32.2. The second kappa shape index (κ2) is 5.78. The van der Waals surface area contributed by atoms with Gasteiger partial charge in [-0.25, -0.2) is 18.5 Å². The summed E-state index contributed by atoms with van der Waals surface area (Å²) in [6, 6.07) is 0. The molecule has 1 rings (SSSR count). The topological polar surface area (TPSA) is 85.9 Å². The van der Waals surface area contributed by atoms with Gasteiger partial charge in [0.1, 0.15) is 5.82 Å². The molecule has 0 saturated carbocycles. The Balaban J connectivity index is 2.38. The van der Waals surface area contributed by atoms with E-state index in [1.165, 1.54) is 23.3 Å². The summed E-state index contributed by atoms with van der Waals surface area (Å²) >= 11 is 2.69. The molecule has 0 radical (unpaired) electrons. The molecular formula is C7H13N3O2S3. The average molecular weight is 267 g/mol. The van der Waals surface area contributed by atoms with Crippen molar-refractivity contribution in [2.45, 2.75) is 24.1 Å². The summed E-state index contributed by atoms with van der Waals surface area (Å²) in [5, 5.41) is 4.88. The van der Waals surface area contributed by atoms with Gasteiger partial charge in [0.15, 0.2) is 4.34 Å². The molecular weight excluding hydrogens is 254 g/mol. The van der Waals surface area contributed by atoms with E-state index >= 15 is 0 Å². The lowest BCUT2D eigenvalue weighted by atomic mass is 10.3. The highest BCUT2D eigenvalue weighted by Gasteiger charge is 2.06. The maximum atomic E-state index is 10.7. The van der Waals surface area contributed by atoms with Crippen LogP contribution >= 0.6 is 23.3 Å². The minimum absolute atomic E-state index is 0.0274. The zero-order valence-electron chi connectivity index (χ0n) is 8.34. The molecule has 0 bridgehead atoms. The summed E-state index contributed by atoms with van der Waals surface area (Å²) in [6.07, 6.45) is 1.88. The number of aromatic nitrogens is 2. The molecule has 0 unspecified atom stereocenters. The van der Waals surface area contributed by atoms with Crippen LogP contribution in [-0.2, 0) is 16.4 Å². The number of hydrogen-bond donors (Lipinski definition) is 1. The van der Waals surface area contributed by atoms with Crippen molar-refractivity contribution < 1.29 is 8.42 Å². The van der Waals surface area contributed by atoms with Gasteiger partial charge in [-0.3, -0.25) is 0 Å². The van der Waals surface area contributed by atoms with Crippen molar-refractivity contribution in [3.05, 3.63) is 5.82 Å². The zero-order chi connectivity index (χ0) is 11.3.